The van der Waals surface area contributed by atoms with E-state index in [-0.39, 0.29) is 16.9 Å². The summed E-state index contributed by atoms with van der Waals surface area (Å²) in [4.78, 5) is 48.5. The van der Waals surface area contributed by atoms with Crippen LogP contribution in [-0.2, 0) is 6.54 Å². The van der Waals surface area contributed by atoms with Gasteiger partial charge >= 0.3 is 5.97 Å². The largest absolute Gasteiger partial charge is 0.478 e. The molecule has 2 N–H and O–H groups in total. The quantitative estimate of drug-likeness (QED) is 0.151. The summed E-state index contributed by atoms with van der Waals surface area (Å²) in [5.41, 5.74) is 7.47. The summed E-state index contributed by atoms with van der Waals surface area (Å²) in [5.74, 6) is 0.158. The summed E-state index contributed by atoms with van der Waals surface area (Å²) in [6, 6.07) is 47.0. The lowest BCUT2D eigenvalue weighted by Gasteiger charge is -2.32. The van der Waals surface area contributed by atoms with E-state index in [9.17, 15) is 19.5 Å². The number of fused-ring (bicyclic) bond motifs is 2. The fourth-order valence-corrected chi connectivity index (χ4v) is 9.00. The van der Waals surface area contributed by atoms with Crippen LogP contribution in [0.3, 0.4) is 0 Å². The molecule has 0 saturated carbocycles. The number of piperazine rings is 2. The van der Waals surface area contributed by atoms with Crippen LogP contribution in [-0.4, -0.2) is 108 Å². The molecule has 12 nitrogen and oxygen atoms in total. The Bertz CT molecular complexity index is 3300. The molecule has 0 bridgehead atoms. The molecule has 1 amide bonds. The van der Waals surface area contributed by atoms with Gasteiger partial charge in [0, 0.05) is 98.6 Å². The lowest BCUT2D eigenvalue weighted by Crippen LogP contribution is -2.47. The molecule has 11 rings (SSSR count). The van der Waals surface area contributed by atoms with Crippen molar-refractivity contribution in [3.63, 3.8) is 0 Å². The molecular weight excluding hydrogens is 900 g/mol. The summed E-state index contributed by atoms with van der Waals surface area (Å²) in [6.07, 6.45) is 3.37. The normalized spacial score (nSPS) is 14.1. The third-order valence-electron chi connectivity index (χ3n) is 12.5. The number of aromatic carboxylic acids is 1. The lowest BCUT2D eigenvalue weighted by atomic mass is 9.98. The SMILES string of the molecule is CN1CCN(C(=O)c2cccc(-c3oc4nccc(Cl)c4c3-c3ccccc3)c2)CC1.CN1CCNCC1.O=C(O)c1cccc(-c2oc3c(c2-c2ccccc2)c(=O)ccn3Cc2ccccc2)c1. The highest BCUT2D eigenvalue weighted by Gasteiger charge is 2.25. The van der Waals surface area contributed by atoms with Crippen LogP contribution >= 0.6 is 11.6 Å². The molecule has 0 spiro atoms. The molecule has 354 valence electrons. The molecule has 2 saturated heterocycles. The number of nitrogens with zero attached hydrogens (tertiary/aromatic N) is 5. The third-order valence-corrected chi connectivity index (χ3v) is 12.9. The number of carbonyl (C=O) groups excluding carboxylic acids is 1. The summed E-state index contributed by atoms with van der Waals surface area (Å²) < 4.78 is 14.4. The van der Waals surface area contributed by atoms with Gasteiger partial charge in [0.15, 0.2) is 5.43 Å². The number of furan rings is 2. The summed E-state index contributed by atoms with van der Waals surface area (Å²) in [7, 11) is 4.23. The number of carboxylic acids is 1. The minimum absolute atomic E-state index is 0.0449. The topological polar surface area (TPSA) is 137 Å². The maximum absolute atomic E-state index is 13.1. The fraction of sp³-hybridized carbons (Fsp3) is 0.193. The number of nitrogens with one attached hydrogen (secondary N) is 1. The molecule has 2 aliphatic heterocycles. The van der Waals surface area contributed by atoms with E-state index in [4.69, 9.17) is 20.4 Å². The molecule has 0 radical (unpaired) electrons. The number of pyridine rings is 2. The van der Waals surface area contributed by atoms with Crippen molar-refractivity contribution in [1.82, 2.24) is 29.6 Å². The van der Waals surface area contributed by atoms with Gasteiger partial charge in [-0.1, -0.05) is 127 Å². The molecule has 5 aromatic carbocycles. The second-order valence-corrected chi connectivity index (χ2v) is 17.8. The van der Waals surface area contributed by atoms with Crippen molar-refractivity contribution < 1.29 is 23.5 Å². The van der Waals surface area contributed by atoms with Gasteiger partial charge in [-0.3, -0.25) is 9.59 Å². The standard InChI is InChI=1S/C27H19NO4.C25H22ClN3O2.C5H12N2/c29-22-14-15-28(17-18-8-3-1-4-9-18)26-24(22)23(19-10-5-2-6-11-19)25(32-26)20-12-7-13-21(16-20)27(30)31;1-28-12-14-29(15-13-28)25(30)19-9-5-8-18(16-19)23-21(17-6-3-2-4-7-17)22-20(26)10-11-27-24(22)31-23;1-7-4-2-6-3-5-7/h1-16H,17H2,(H,30,31);2-11,16H,12-15H2,1H3;6H,2-5H2,1H3. The van der Waals surface area contributed by atoms with Crippen LogP contribution in [0.1, 0.15) is 26.3 Å². The molecule has 6 heterocycles. The van der Waals surface area contributed by atoms with Crippen molar-refractivity contribution in [2.24, 2.45) is 0 Å². The van der Waals surface area contributed by atoms with E-state index in [1.807, 2.05) is 125 Å². The van der Waals surface area contributed by atoms with Gasteiger partial charge in [0.2, 0.25) is 11.4 Å². The zero-order valence-electron chi connectivity index (χ0n) is 39.1. The minimum Gasteiger partial charge on any atom is -0.478 e. The van der Waals surface area contributed by atoms with E-state index >= 15 is 0 Å². The van der Waals surface area contributed by atoms with E-state index in [1.165, 1.54) is 19.2 Å². The van der Waals surface area contributed by atoms with Crippen molar-refractivity contribution in [1.29, 1.82) is 0 Å². The average Bonchev–Trinajstić information content (AvgIpc) is 4.01. The molecule has 13 heteroatoms. The predicted molar refractivity (Wildman–Crippen MR) is 278 cm³/mol. The first-order valence-electron chi connectivity index (χ1n) is 23.3. The van der Waals surface area contributed by atoms with Gasteiger partial charge in [0.05, 0.1) is 27.9 Å². The molecule has 0 atom stereocenters. The van der Waals surface area contributed by atoms with Gasteiger partial charge in [-0.25, -0.2) is 9.78 Å². The number of hydrogen-bond donors (Lipinski definition) is 2. The van der Waals surface area contributed by atoms with Crippen LogP contribution in [0.4, 0.5) is 0 Å². The number of hydrogen-bond acceptors (Lipinski definition) is 9. The highest BCUT2D eigenvalue weighted by Crippen LogP contribution is 2.43. The molecule has 4 aromatic heterocycles. The number of carbonyl (C=O) groups is 2. The van der Waals surface area contributed by atoms with Crippen LogP contribution in [0.15, 0.2) is 178 Å². The Hall–Kier alpha value is -7.61. The van der Waals surface area contributed by atoms with Gasteiger partial charge in [-0.2, -0.15) is 0 Å². The van der Waals surface area contributed by atoms with Crippen LogP contribution in [0, 0.1) is 0 Å². The van der Waals surface area contributed by atoms with E-state index in [2.05, 4.69) is 34.2 Å². The van der Waals surface area contributed by atoms with E-state index in [0.29, 0.717) is 56.6 Å². The maximum Gasteiger partial charge on any atom is 0.335 e. The zero-order valence-corrected chi connectivity index (χ0v) is 39.8. The number of rotatable bonds is 8. The molecule has 9 aromatic rings. The third kappa shape index (κ3) is 10.7. The molecular formula is C57H53ClN6O6. The van der Waals surface area contributed by atoms with Crippen molar-refractivity contribution >= 4 is 45.7 Å². The Balaban J connectivity index is 0.000000153. The van der Waals surface area contributed by atoms with E-state index < -0.39 is 5.97 Å². The fourth-order valence-electron chi connectivity index (χ4n) is 8.77. The Labute approximate surface area is 411 Å². The maximum atomic E-state index is 13.1. The number of carboxylic acid groups (broad SMARTS) is 1. The summed E-state index contributed by atoms with van der Waals surface area (Å²) in [6.45, 7) is 8.52. The smallest absolute Gasteiger partial charge is 0.335 e. The van der Waals surface area contributed by atoms with E-state index in [0.717, 1.165) is 72.5 Å². The second kappa shape index (κ2) is 21.8. The number of amides is 1. The predicted octanol–water partition coefficient (Wildman–Crippen LogP) is 10.4. The monoisotopic (exact) mass is 952 g/mol. The Morgan fingerprint density at radius 1 is 0.629 bits per heavy atom. The number of halogens is 1. The van der Waals surface area contributed by atoms with Crippen molar-refractivity contribution in [2.45, 2.75) is 6.54 Å². The number of aromatic nitrogens is 2. The second-order valence-electron chi connectivity index (χ2n) is 17.4. The van der Waals surface area contributed by atoms with Crippen molar-refractivity contribution in [3.05, 3.63) is 196 Å². The van der Waals surface area contributed by atoms with Crippen LogP contribution < -0.4 is 10.7 Å². The van der Waals surface area contributed by atoms with Crippen molar-refractivity contribution in [3.8, 4) is 44.9 Å². The zero-order chi connectivity index (χ0) is 48.6. The molecule has 0 aliphatic carbocycles. The van der Waals surface area contributed by atoms with Crippen LogP contribution in [0.5, 0.6) is 0 Å². The average molecular weight is 954 g/mol. The Morgan fingerprint density at radius 2 is 1.17 bits per heavy atom. The highest BCUT2D eigenvalue weighted by atomic mass is 35.5. The van der Waals surface area contributed by atoms with Gasteiger partial charge in [0.1, 0.15) is 11.5 Å². The number of likely N-dealkylation sites (N-methyl/N-ethyl adjacent to an activating group) is 2. The Kier molecular flexibility index (Phi) is 14.8. The first-order chi connectivity index (χ1) is 34.1. The highest BCUT2D eigenvalue weighted by molar-refractivity contribution is 6.36. The molecule has 2 fully saturated rings. The summed E-state index contributed by atoms with van der Waals surface area (Å²) >= 11 is 6.54. The molecule has 70 heavy (non-hydrogen) atoms. The van der Waals surface area contributed by atoms with Gasteiger partial charge in [0.25, 0.3) is 5.91 Å². The van der Waals surface area contributed by atoms with Gasteiger partial charge in [-0.15, -0.1) is 0 Å². The number of benzene rings is 5. The first-order valence-corrected chi connectivity index (χ1v) is 23.7. The van der Waals surface area contributed by atoms with Crippen LogP contribution in [0.2, 0.25) is 5.02 Å². The van der Waals surface area contributed by atoms with Crippen LogP contribution in [0.25, 0.3) is 67.1 Å². The van der Waals surface area contributed by atoms with Gasteiger partial charge < -0.3 is 38.5 Å². The van der Waals surface area contributed by atoms with E-state index in [1.54, 1.807) is 42.7 Å². The van der Waals surface area contributed by atoms with Crippen molar-refractivity contribution in [2.75, 3.05) is 66.5 Å². The molecule has 2 aliphatic rings. The first kappa shape index (κ1) is 47.5. The summed E-state index contributed by atoms with van der Waals surface area (Å²) in [5, 5.41) is 14.6. The minimum atomic E-state index is -1.02. The molecule has 0 unspecified atom stereocenters. The Morgan fingerprint density at radius 3 is 1.77 bits per heavy atom. The lowest BCUT2D eigenvalue weighted by molar-refractivity contribution is 0.0662. The van der Waals surface area contributed by atoms with Gasteiger partial charge in [-0.05, 0) is 61.1 Å².